The van der Waals surface area contributed by atoms with E-state index in [-0.39, 0.29) is 0 Å². The third-order valence-electron chi connectivity index (χ3n) is 4.08. The van der Waals surface area contributed by atoms with Crippen LogP contribution >= 0.6 is 0 Å². The quantitative estimate of drug-likeness (QED) is 0.877. The van der Waals surface area contributed by atoms with Crippen molar-refractivity contribution in [1.82, 2.24) is 4.72 Å². The number of nitrogens with one attached hydrogen (secondary N) is 1. The second-order valence-electron chi connectivity index (χ2n) is 5.58. The molecule has 0 aliphatic heterocycles. The number of sulfonamides is 1. The van der Waals surface area contributed by atoms with Crippen molar-refractivity contribution in [2.45, 2.75) is 29.7 Å². The van der Waals surface area contributed by atoms with Crippen molar-refractivity contribution in [2.24, 2.45) is 0 Å². The molecule has 1 aliphatic rings. The maximum atomic E-state index is 12.7. The van der Waals surface area contributed by atoms with Crippen LogP contribution in [0, 0.1) is 0 Å². The van der Waals surface area contributed by atoms with E-state index in [0.29, 0.717) is 11.3 Å². The van der Waals surface area contributed by atoms with E-state index in [1.54, 1.807) is 24.3 Å². The second kappa shape index (κ2) is 6.07. The van der Waals surface area contributed by atoms with Gasteiger partial charge in [-0.25, -0.2) is 13.1 Å². The number of allylic oxidation sites excluding steroid dienone is 1. The second-order valence-corrected chi connectivity index (χ2v) is 7.26. The predicted octanol–water partition coefficient (Wildman–Crippen LogP) is 3.60. The first kappa shape index (κ1) is 15.0. The van der Waals surface area contributed by atoms with Crippen LogP contribution in [-0.2, 0) is 15.6 Å². The van der Waals surface area contributed by atoms with E-state index in [1.165, 1.54) is 0 Å². The van der Waals surface area contributed by atoms with Crippen molar-refractivity contribution in [3.8, 4) is 0 Å². The molecular weight excluding hydrogens is 294 g/mol. The first-order valence-electron chi connectivity index (χ1n) is 7.42. The molecule has 0 aromatic heterocycles. The lowest BCUT2D eigenvalue weighted by Gasteiger charge is -2.36. The summed E-state index contributed by atoms with van der Waals surface area (Å²) in [5.74, 6) is 0. The highest BCUT2D eigenvalue weighted by Crippen LogP contribution is 2.35. The SMILES string of the molecule is O=S(=O)(NC1(c2ccccc2)CC=CCC1)c1ccccc1. The van der Waals surface area contributed by atoms with Gasteiger partial charge in [-0.15, -0.1) is 0 Å². The highest BCUT2D eigenvalue weighted by molar-refractivity contribution is 7.89. The molecule has 0 spiro atoms. The van der Waals surface area contributed by atoms with E-state index >= 15 is 0 Å². The van der Waals surface area contributed by atoms with Crippen LogP contribution in [0.3, 0.4) is 0 Å². The van der Waals surface area contributed by atoms with Crippen LogP contribution in [0.5, 0.6) is 0 Å². The third-order valence-corrected chi connectivity index (χ3v) is 5.63. The van der Waals surface area contributed by atoms with E-state index < -0.39 is 15.6 Å². The summed E-state index contributed by atoms with van der Waals surface area (Å²) >= 11 is 0. The van der Waals surface area contributed by atoms with Crippen molar-refractivity contribution >= 4 is 10.0 Å². The molecule has 0 radical (unpaired) electrons. The molecule has 0 fully saturated rings. The molecule has 22 heavy (non-hydrogen) atoms. The summed E-state index contributed by atoms with van der Waals surface area (Å²) in [6.07, 6.45) is 6.47. The van der Waals surface area contributed by atoms with Gasteiger partial charge in [-0.1, -0.05) is 60.7 Å². The fraction of sp³-hybridized carbons (Fsp3) is 0.222. The summed E-state index contributed by atoms with van der Waals surface area (Å²) in [6, 6.07) is 18.4. The number of rotatable bonds is 4. The predicted molar refractivity (Wildman–Crippen MR) is 87.9 cm³/mol. The number of hydrogen-bond donors (Lipinski definition) is 1. The van der Waals surface area contributed by atoms with Crippen molar-refractivity contribution in [1.29, 1.82) is 0 Å². The summed E-state index contributed by atoms with van der Waals surface area (Å²) in [4.78, 5) is 0.305. The molecule has 1 unspecified atom stereocenters. The molecule has 3 rings (SSSR count). The zero-order valence-corrected chi connectivity index (χ0v) is 13.1. The van der Waals surface area contributed by atoms with Crippen LogP contribution in [0.15, 0.2) is 77.7 Å². The lowest BCUT2D eigenvalue weighted by atomic mass is 9.80. The largest absolute Gasteiger partial charge is 0.241 e. The number of hydrogen-bond acceptors (Lipinski definition) is 2. The Morgan fingerprint density at radius 2 is 1.50 bits per heavy atom. The molecule has 4 heteroatoms. The normalized spacial score (nSPS) is 21.6. The molecule has 0 saturated carbocycles. The Balaban J connectivity index is 2.00. The highest BCUT2D eigenvalue weighted by Gasteiger charge is 2.36. The van der Waals surface area contributed by atoms with Crippen LogP contribution < -0.4 is 4.72 Å². The lowest BCUT2D eigenvalue weighted by molar-refractivity contribution is 0.358. The van der Waals surface area contributed by atoms with E-state index in [0.717, 1.165) is 18.4 Å². The maximum absolute atomic E-state index is 12.7. The van der Waals surface area contributed by atoms with Gasteiger partial charge in [0.15, 0.2) is 0 Å². The van der Waals surface area contributed by atoms with Gasteiger partial charge in [-0.05, 0) is 37.0 Å². The Morgan fingerprint density at radius 1 is 0.864 bits per heavy atom. The molecule has 0 amide bonds. The standard InChI is InChI=1S/C18H19NO2S/c20-22(21,17-12-6-2-7-13-17)19-18(14-8-3-9-15-18)16-10-4-1-5-11-16/h1-8,10-13,19H,9,14-15H2. The van der Waals surface area contributed by atoms with Crippen molar-refractivity contribution in [3.63, 3.8) is 0 Å². The Kier molecular flexibility index (Phi) is 4.14. The molecule has 114 valence electrons. The molecule has 2 aromatic carbocycles. The lowest BCUT2D eigenvalue weighted by Crippen LogP contribution is -2.46. The Labute approximate surface area is 131 Å². The third kappa shape index (κ3) is 2.98. The van der Waals surface area contributed by atoms with Gasteiger partial charge in [-0.3, -0.25) is 0 Å². The summed E-state index contributed by atoms with van der Waals surface area (Å²) < 4.78 is 28.4. The molecule has 3 nitrogen and oxygen atoms in total. The van der Waals surface area contributed by atoms with Gasteiger partial charge in [-0.2, -0.15) is 0 Å². The van der Waals surface area contributed by atoms with Crippen molar-refractivity contribution in [3.05, 3.63) is 78.4 Å². The maximum Gasteiger partial charge on any atom is 0.241 e. The first-order chi connectivity index (χ1) is 10.6. The van der Waals surface area contributed by atoms with E-state index in [2.05, 4.69) is 16.9 Å². The topological polar surface area (TPSA) is 46.2 Å². The van der Waals surface area contributed by atoms with E-state index in [1.807, 2.05) is 36.4 Å². The van der Waals surface area contributed by atoms with Gasteiger partial charge >= 0.3 is 0 Å². The fourth-order valence-corrected chi connectivity index (χ4v) is 4.37. The summed E-state index contributed by atoms with van der Waals surface area (Å²) in [5.41, 5.74) is 0.448. The average molecular weight is 313 g/mol. The molecular formula is C18H19NO2S. The minimum Gasteiger partial charge on any atom is -0.207 e. The minimum atomic E-state index is -3.55. The summed E-state index contributed by atoms with van der Waals surface area (Å²) in [5, 5.41) is 0. The van der Waals surface area contributed by atoms with Gasteiger partial charge in [0.2, 0.25) is 10.0 Å². The van der Waals surface area contributed by atoms with Gasteiger partial charge < -0.3 is 0 Å². The molecule has 0 saturated heterocycles. The number of benzene rings is 2. The van der Waals surface area contributed by atoms with E-state index in [4.69, 9.17) is 0 Å². The zero-order chi connectivity index (χ0) is 15.5. The summed E-state index contributed by atoms with van der Waals surface area (Å²) in [7, 11) is -3.55. The smallest absolute Gasteiger partial charge is 0.207 e. The van der Waals surface area contributed by atoms with Crippen molar-refractivity contribution in [2.75, 3.05) is 0 Å². The van der Waals surface area contributed by atoms with Gasteiger partial charge in [0.05, 0.1) is 10.4 Å². The Morgan fingerprint density at radius 3 is 2.09 bits per heavy atom. The van der Waals surface area contributed by atoms with Crippen LogP contribution in [0.25, 0.3) is 0 Å². The van der Waals surface area contributed by atoms with Crippen LogP contribution in [-0.4, -0.2) is 8.42 Å². The van der Waals surface area contributed by atoms with Gasteiger partial charge in [0.1, 0.15) is 0 Å². The Hall–Kier alpha value is -1.91. The first-order valence-corrected chi connectivity index (χ1v) is 8.90. The van der Waals surface area contributed by atoms with E-state index in [9.17, 15) is 8.42 Å². The van der Waals surface area contributed by atoms with Crippen LogP contribution in [0.1, 0.15) is 24.8 Å². The molecule has 1 atom stereocenters. The molecule has 2 aromatic rings. The molecule has 1 N–H and O–H groups in total. The minimum absolute atomic E-state index is 0.305. The summed E-state index contributed by atoms with van der Waals surface area (Å²) in [6.45, 7) is 0. The highest BCUT2D eigenvalue weighted by atomic mass is 32.2. The van der Waals surface area contributed by atoms with Crippen molar-refractivity contribution < 1.29 is 8.42 Å². The van der Waals surface area contributed by atoms with Gasteiger partial charge in [0, 0.05) is 0 Å². The monoisotopic (exact) mass is 313 g/mol. The fourth-order valence-electron chi connectivity index (χ4n) is 2.92. The van der Waals surface area contributed by atoms with Gasteiger partial charge in [0.25, 0.3) is 0 Å². The average Bonchev–Trinajstić information content (AvgIpc) is 2.57. The molecule has 0 heterocycles. The molecule has 1 aliphatic carbocycles. The molecule has 0 bridgehead atoms. The Bertz CT molecular complexity index is 754. The van der Waals surface area contributed by atoms with Crippen LogP contribution in [0.4, 0.5) is 0 Å². The van der Waals surface area contributed by atoms with Crippen LogP contribution in [0.2, 0.25) is 0 Å². The zero-order valence-electron chi connectivity index (χ0n) is 12.3.